The number of benzene rings is 2. The van der Waals surface area contributed by atoms with Crippen molar-refractivity contribution in [1.29, 1.82) is 0 Å². The summed E-state index contributed by atoms with van der Waals surface area (Å²) in [5, 5.41) is 4.15. The summed E-state index contributed by atoms with van der Waals surface area (Å²) in [6.45, 7) is 9.14. The highest BCUT2D eigenvalue weighted by molar-refractivity contribution is 5.92. The van der Waals surface area contributed by atoms with Crippen LogP contribution in [0.3, 0.4) is 0 Å². The van der Waals surface area contributed by atoms with Gasteiger partial charge in [-0.3, -0.25) is 4.79 Å². The van der Waals surface area contributed by atoms with Crippen LogP contribution in [0.25, 0.3) is 10.9 Å². The molecule has 2 amide bonds. The van der Waals surface area contributed by atoms with Crippen molar-refractivity contribution in [3.63, 3.8) is 0 Å². The van der Waals surface area contributed by atoms with E-state index in [4.69, 9.17) is 15.2 Å². The largest absolute Gasteiger partial charge is 0.493 e. The number of amides is 2. The molecule has 0 radical (unpaired) electrons. The van der Waals surface area contributed by atoms with Crippen LogP contribution in [-0.4, -0.2) is 65.1 Å². The van der Waals surface area contributed by atoms with E-state index in [0.717, 1.165) is 11.1 Å². The molecular weight excluding hydrogens is 460 g/mol. The summed E-state index contributed by atoms with van der Waals surface area (Å²) >= 11 is 0. The lowest BCUT2D eigenvalue weighted by Crippen LogP contribution is -2.50. The van der Waals surface area contributed by atoms with Crippen LogP contribution in [0.2, 0.25) is 0 Å². The number of hydrogen-bond acceptors (Lipinski definition) is 8. The summed E-state index contributed by atoms with van der Waals surface area (Å²) in [7, 11) is 1.52. The lowest BCUT2D eigenvalue weighted by atomic mass is 10.0. The van der Waals surface area contributed by atoms with Gasteiger partial charge in [0, 0.05) is 50.2 Å². The Balaban J connectivity index is 1.62. The van der Waals surface area contributed by atoms with Crippen molar-refractivity contribution >= 4 is 34.4 Å². The number of fused-ring (bicyclic) bond motifs is 1. The van der Waals surface area contributed by atoms with Crippen LogP contribution in [0, 0.1) is 13.8 Å². The first-order chi connectivity index (χ1) is 17.1. The third kappa shape index (κ3) is 5.42. The van der Waals surface area contributed by atoms with Gasteiger partial charge in [0.1, 0.15) is 11.6 Å². The van der Waals surface area contributed by atoms with Gasteiger partial charge in [-0.25, -0.2) is 14.8 Å². The van der Waals surface area contributed by atoms with Gasteiger partial charge in [0.05, 0.1) is 18.7 Å². The van der Waals surface area contributed by atoms with Crippen LogP contribution in [-0.2, 0) is 4.79 Å². The van der Waals surface area contributed by atoms with Crippen molar-refractivity contribution in [2.24, 2.45) is 0 Å². The molecule has 1 aliphatic rings. The van der Waals surface area contributed by atoms with Crippen LogP contribution in [0.5, 0.6) is 11.5 Å². The van der Waals surface area contributed by atoms with Crippen LogP contribution in [0.4, 0.5) is 16.3 Å². The summed E-state index contributed by atoms with van der Waals surface area (Å²) in [6, 6.07) is 9.30. The Labute approximate surface area is 210 Å². The molecule has 1 fully saturated rings. The number of nitrogens with one attached hydrogen (secondary N) is 1. The van der Waals surface area contributed by atoms with Crippen molar-refractivity contribution in [3.8, 4) is 11.5 Å². The molecule has 0 spiro atoms. The van der Waals surface area contributed by atoms with Gasteiger partial charge >= 0.3 is 6.09 Å². The first-order valence-electron chi connectivity index (χ1n) is 11.9. The molecular formula is C26H32N6O4. The number of nitrogens with zero attached hydrogens (tertiary/aromatic N) is 4. The molecule has 0 aliphatic carbocycles. The first kappa shape index (κ1) is 25.0. The molecule has 1 atom stereocenters. The highest BCUT2D eigenvalue weighted by Crippen LogP contribution is 2.36. The van der Waals surface area contributed by atoms with Crippen LogP contribution < -0.4 is 20.5 Å². The number of aromatic nitrogens is 2. The quantitative estimate of drug-likeness (QED) is 0.517. The van der Waals surface area contributed by atoms with Crippen molar-refractivity contribution in [1.82, 2.24) is 19.8 Å². The Kier molecular flexibility index (Phi) is 7.14. The maximum Gasteiger partial charge on any atom is 0.415 e. The molecule has 4 rings (SSSR count). The maximum absolute atomic E-state index is 12.9. The SMILES string of the molecule is COc1cc2nc(C)nc(NC(C)c3cc(C)cc(N)c3)c2cc1OC(=O)N1CCN(C(C)=O)CC1. The Bertz CT molecular complexity index is 1280. The van der Waals surface area contributed by atoms with E-state index in [2.05, 4.69) is 21.4 Å². The molecule has 10 heteroatoms. The van der Waals surface area contributed by atoms with Gasteiger partial charge in [-0.2, -0.15) is 0 Å². The van der Waals surface area contributed by atoms with E-state index in [0.29, 0.717) is 60.2 Å². The minimum atomic E-state index is -0.498. The first-order valence-corrected chi connectivity index (χ1v) is 11.9. The highest BCUT2D eigenvalue weighted by atomic mass is 16.6. The fourth-order valence-electron chi connectivity index (χ4n) is 4.35. The Hall–Kier alpha value is -4.08. The van der Waals surface area contributed by atoms with E-state index in [1.807, 2.05) is 32.9 Å². The Morgan fingerprint density at radius 2 is 1.69 bits per heavy atom. The summed E-state index contributed by atoms with van der Waals surface area (Å²) < 4.78 is 11.2. The normalized spacial score (nSPS) is 14.5. The van der Waals surface area contributed by atoms with Crippen molar-refractivity contribution in [2.75, 3.05) is 44.3 Å². The highest BCUT2D eigenvalue weighted by Gasteiger charge is 2.25. The molecule has 0 bridgehead atoms. The number of aryl methyl sites for hydroxylation is 2. The zero-order valence-corrected chi connectivity index (χ0v) is 21.3. The predicted molar refractivity (Wildman–Crippen MR) is 138 cm³/mol. The second-order valence-corrected chi connectivity index (χ2v) is 9.04. The van der Waals surface area contributed by atoms with Gasteiger partial charge in [-0.1, -0.05) is 6.07 Å². The van der Waals surface area contributed by atoms with Gasteiger partial charge in [0.25, 0.3) is 0 Å². The van der Waals surface area contributed by atoms with E-state index < -0.39 is 6.09 Å². The summed E-state index contributed by atoms with van der Waals surface area (Å²) in [5.74, 6) is 1.86. The zero-order chi connectivity index (χ0) is 26.0. The van der Waals surface area contributed by atoms with E-state index in [1.54, 1.807) is 21.9 Å². The van der Waals surface area contributed by atoms with E-state index in [-0.39, 0.29) is 17.7 Å². The molecule has 1 aromatic heterocycles. The zero-order valence-electron chi connectivity index (χ0n) is 21.3. The minimum absolute atomic E-state index is 0.00267. The molecule has 190 valence electrons. The molecule has 0 saturated carbocycles. The second-order valence-electron chi connectivity index (χ2n) is 9.04. The van der Waals surface area contributed by atoms with Crippen LogP contribution in [0.15, 0.2) is 30.3 Å². The van der Waals surface area contributed by atoms with Crippen molar-refractivity contribution in [3.05, 3.63) is 47.3 Å². The number of nitrogen functional groups attached to an aromatic ring is 1. The van der Waals surface area contributed by atoms with E-state index in [1.165, 1.54) is 14.0 Å². The maximum atomic E-state index is 12.9. The van der Waals surface area contributed by atoms with Gasteiger partial charge in [0.15, 0.2) is 11.5 Å². The topological polar surface area (TPSA) is 123 Å². The molecule has 3 N–H and O–H groups in total. The number of carbonyl (C=O) groups is 2. The van der Waals surface area contributed by atoms with Gasteiger partial charge in [-0.05, 0) is 50.1 Å². The molecule has 1 saturated heterocycles. The fraction of sp³-hybridized carbons (Fsp3) is 0.385. The van der Waals surface area contributed by atoms with Crippen molar-refractivity contribution in [2.45, 2.75) is 33.7 Å². The molecule has 10 nitrogen and oxygen atoms in total. The number of rotatable bonds is 5. The standard InChI is InChI=1S/C26H32N6O4/c1-15-10-19(12-20(27)11-15)16(2)28-25-21-13-24(23(35-5)14-22(21)29-17(3)30-25)36-26(34)32-8-6-31(7-9-32)18(4)33/h10-14,16H,6-9,27H2,1-5H3,(H,28,29,30). The number of ether oxygens (including phenoxy) is 2. The van der Waals surface area contributed by atoms with Gasteiger partial charge in [0.2, 0.25) is 5.91 Å². The number of hydrogen-bond donors (Lipinski definition) is 2. The lowest BCUT2D eigenvalue weighted by Gasteiger charge is -2.33. The van der Waals surface area contributed by atoms with E-state index >= 15 is 0 Å². The smallest absolute Gasteiger partial charge is 0.415 e. The summed E-state index contributed by atoms with van der Waals surface area (Å²) in [4.78, 5) is 36.9. The van der Waals surface area contributed by atoms with Crippen LogP contribution >= 0.6 is 0 Å². The number of nitrogens with two attached hydrogens (primary N) is 1. The molecule has 2 heterocycles. The molecule has 1 aliphatic heterocycles. The van der Waals surface area contributed by atoms with Gasteiger partial charge < -0.3 is 30.3 Å². The van der Waals surface area contributed by atoms with E-state index in [9.17, 15) is 9.59 Å². The number of carbonyl (C=O) groups excluding carboxylic acids is 2. The van der Waals surface area contributed by atoms with Gasteiger partial charge in [-0.15, -0.1) is 0 Å². The average Bonchev–Trinajstić information content (AvgIpc) is 2.83. The predicted octanol–water partition coefficient (Wildman–Crippen LogP) is 3.67. The lowest BCUT2D eigenvalue weighted by molar-refractivity contribution is -0.130. The van der Waals surface area contributed by atoms with Crippen LogP contribution in [0.1, 0.15) is 36.8 Å². The monoisotopic (exact) mass is 492 g/mol. The Morgan fingerprint density at radius 3 is 2.33 bits per heavy atom. The summed E-state index contributed by atoms with van der Waals surface area (Å²) in [5.41, 5.74) is 9.51. The number of piperazine rings is 1. The minimum Gasteiger partial charge on any atom is -0.493 e. The molecule has 3 aromatic rings. The third-order valence-corrected chi connectivity index (χ3v) is 6.25. The summed E-state index contributed by atoms with van der Waals surface area (Å²) in [6.07, 6.45) is -0.498. The second kappa shape index (κ2) is 10.3. The fourth-order valence-corrected chi connectivity index (χ4v) is 4.35. The van der Waals surface area contributed by atoms with Crippen molar-refractivity contribution < 1.29 is 19.1 Å². The molecule has 36 heavy (non-hydrogen) atoms. The number of methoxy groups -OCH3 is 1. The number of anilines is 2. The molecule has 1 unspecified atom stereocenters. The average molecular weight is 493 g/mol. The Morgan fingerprint density at radius 1 is 1.00 bits per heavy atom. The third-order valence-electron chi connectivity index (χ3n) is 6.25. The molecule has 2 aromatic carbocycles.